The first-order valence-electron chi connectivity index (χ1n) is 10.1. The number of methoxy groups -OCH3 is 1. The summed E-state index contributed by atoms with van der Waals surface area (Å²) in [5.41, 5.74) is 1.28. The number of nitrogens with one attached hydrogen (secondary N) is 2. The van der Waals surface area contributed by atoms with Gasteiger partial charge in [-0.3, -0.25) is 14.6 Å². The third-order valence-corrected chi connectivity index (χ3v) is 5.16. The fourth-order valence-electron chi connectivity index (χ4n) is 3.65. The summed E-state index contributed by atoms with van der Waals surface area (Å²) in [6.45, 7) is 4.84. The summed E-state index contributed by atoms with van der Waals surface area (Å²) in [5, 5.41) is 11.1. The summed E-state index contributed by atoms with van der Waals surface area (Å²) in [7, 11) is 3.54. The summed E-state index contributed by atoms with van der Waals surface area (Å²) in [5.74, 6) is 1.75. The smallest absolute Gasteiger partial charge is 0.191 e. The Labute approximate surface area is 190 Å². The SMILES string of the molecule is CN=C(NCCCn1cccn1)NCC(c1cccc(OC)c1)N1CCCC1.I. The van der Waals surface area contributed by atoms with Crippen LogP contribution in [0.5, 0.6) is 5.75 Å². The number of aromatic nitrogens is 2. The Hall–Kier alpha value is -1.81. The van der Waals surface area contributed by atoms with Crippen LogP contribution in [0.25, 0.3) is 0 Å². The number of aliphatic imine (C=N–C) groups is 1. The van der Waals surface area contributed by atoms with E-state index in [0.717, 1.165) is 50.9 Å². The minimum absolute atomic E-state index is 0. The maximum Gasteiger partial charge on any atom is 0.191 e. The van der Waals surface area contributed by atoms with Gasteiger partial charge in [0.05, 0.1) is 13.2 Å². The van der Waals surface area contributed by atoms with Gasteiger partial charge in [-0.2, -0.15) is 5.10 Å². The first kappa shape index (κ1) is 23.5. The third kappa shape index (κ3) is 7.18. The lowest BCUT2D eigenvalue weighted by Crippen LogP contribution is -2.43. The first-order chi connectivity index (χ1) is 13.8. The van der Waals surface area contributed by atoms with Crippen LogP contribution >= 0.6 is 24.0 Å². The lowest BCUT2D eigenvalue weighted by molar-refractivity contribution is 0.245. The average molecular weight is 512 g/mol. The van der Waals surface area contributed by atoms with Crippen molar-refractivity contribution in [3.8, 4) is 5.75 Å². The molecule has 8 heteroatoms. The Kier molecular flexibility index (Phi) is 10.3. The molecule has 2 heterocycles. The number of rotatable bonds is 9. The number of hydrogen-bond acceptors (Lipinski definition) is 4. The summed E-state index contributed by atoms with van der Waals surface area (Å²) >= 11 is 0. The zero-order valence-electron chi connectivity index (χ0n) is 17.4. The molecule has 0 aliphatic carbocycles. The fourth-order valence-corrected chi connectivity index (χ4v) is 3.65. The van der Waals surface area contributed by atoms with Gasteiger partial charge >= 0.3 is 0 Å². The maximum absolute atomic E-state index is 5.43. The molecule has 0 spiro atoms. The Balaban J connectivity index is 0.00000300. The van der Waals surface area contributed by atoms with E-state index in [1.165, 1.54) is 18.4 Å². The molecule has 0 saturated carbocycles. The zero-order valence-corrected chi connectivity index (χ0v) is 19.7. The summed E-state index contributed by atoms with van der Waals surface area (Å²) in [6, 6.07) is 10.7. The van der Waals surface area contributed by atoms with Gasteiger partial charge in [-0.15, -0.1) is 24.0 Å². The number of hydrogen-bond donors (Lipinski definition) is 2. The molecule has 3 rings (SSSR count). The summed E-state index contributed by atoms with van der Waals surface area (Å²) < 4.78 is 7.38. The van der Waals surface area contributed by atoms with Crippen molar-refractivity contribution in [2.75, 3.05) is 40.3 Å². The van der Waals surface area contributed by atoms with Crippen LogP contribution < -0.4 is 15.4 Å². The lowest BCUT2D eigenvalue weighted by Gasteiger charge is -2.29. The molecule has 29 heavy (non-hydrogen) atoms. The van der Waals surface area contributed by atoms with E-state index in [-0.39, 0.29) is 24.0 Å². The van der Waals surface area contributed by atoms with Crippen molar-refractivity contribution in [2.24, 2.45) is 4.99 Å². The van der Waals surface area contributed by atoms with Crippen molar-refractivity contribution < 1.29 is 4.74 Å². The van der Waals surface area contributed by atoms with Gasteiger partial charge in [0.25, 0.3) is 0 Å². The quantitative estimate of drug-likeness (QED) is 0.234. The maximum atomic E-state index is 5.43. The van der Waals surface area contributed by atoms with Gasteiger partial charge in [-0.05, 0) is 56.1 Å². The van der Waals surface area contributed by atoms with Crippen LogP contribution in [0.15, 0.2) is 47.7 Å². The fraction of sp³-hybridized carbons (Fsp3) is 0.524. The van der Waals surface area contributed by atoms with Crippen molar-refractivity contribution in [3.05, 3.63) is 48.3 Å². The van der Waals surface area contributed by atoms with Crippen molar-refractivity contribution in [1.29, 1.82) is 0 Å². The van der Waals surface area contributed by atoms with E-state index in [9.17, 15) is 0 Å². The van der Waals surface area contributed by atoms with Gasteiger partial charge in [0.2, 0.25) is 0 Å². The van der Waals surface area contributed by atoms with Crippen LogP contribution in [-0.4, -0.2) is 61.0 Å². The normalized spacial score (nSPS) is 15.6. The highest BCUT2D eigenvalue weighted by atomic mass is 127. The van der Waals surface area contributed by atoms with Crippen molar-refractivity contribution in [3.63, 3.8) is 0 Å². The Morgan fingerprint density at radius 3 is 2.76 bits per heavy atom. The molecular formula is C21H33IN6O. The number of benzene rings is 1. The molecule has 0 bridgehead atoms. The molecule has 1 fully saturated rings. The Morgan fingerprint density at radius 1 is 1.24 bits per heavy atom. The molecule has 1 aliphatic rings. The number of guanidine groups is 1. The van der Waals surface area contributed by atoms with Crippen LogP contribution in [0.3, 0.4) is 0 Å². The number of likely N-dealkylation sites (tertiary alicyclic amines) is 1. The van der Waals surface area contributed by atoms with E-state index < -0.39 is 0 Å². The molecule has 7 nitrogen and oxygen atoms in total. The summed E-state index contributed by atoms with van der Waals surface area (Å²) in [6.07, 6.45) is 7.32. The van der Waals surface area contributed by atoms with Crippen LogP contribution in [0.4, 0.5) is 0 Å². The lowest BCUT2D eigenvalue weighted by atomic mass is 10.1. The molecule has 160 valence electrons. The van der Waals surface area contributed by atoms with Crippen molar-refractivity contribution >= 4 is 29.9 Å². The van der Waals surface area contributed by atoms with Crippen LogP contribution in [0, 0.1) is 0 Å². The molecule has 1 atom stereocenters. The Bertz CT molecular complexity index is 731. The van der Waals surface area contributed by atoms with E-state index >= 15 is 0 Å². The molecule has 1 saturated heterocycles. The molecular weight excluding hydrogens is 479 g/mol. The second-order valence-corrected chi connectivity index (χ2v) is 7.04. The van der Waals surface area contributed by atoms with Gasteiger partial charge in [-0.1, -0.05) is 12.1 Å². The van der Waals surface area contributed by atoms with Crippen LogP contribution in [0.1, 0.15) is 30.9 Å². The monoisotopic (exact) mass is 512 g/mol. The molecule has 1 aromatic carbocycles. The second-order valence-electron chi connectivity index (χ2n) is 7.04. The molecule has 1 aliphatic heterocycles. The largest absolute Gasteiger partial charge is 0.497 e. The number of halogens is 1. The second kappa shape index (κ2) is 12.7. The summed E-state index contributed by atoms with van der Waals surface area (Å²) in [4.78, 5) is 6.93. The number of nitrogens with zero attached hydrogens (tertiary/aromatic N) is 4. The molecule has 2 N–H and O–H groups in total. The van der Waals surface area contributed by atoms with Crippen LogP contribution in [-0.2, 0) is 6.54 Å². The minimum atomic E-state index is 0. The molecule has 1 unspecified atom stereocenters. The van der Waals surface area contributed by atoms with Crippen LogP contribution in [0.2, 0.25) is 0 Å². The van der Waals surface area contributed by atoms with E-state index in [0.29, 0.717) is 6.04 Å². The topological polar surface area (TPSA) is 66.7 Å². The molecule has 2 aromatic rings. The number of aryl methyl sites for hydroxylation is 1. The van der Waals surface area contributed by atoms with E-state index in [2.05, 4.69) is 43.8 Å². The van der Waals surface area contributed by atoms with Crippen molar-refractivity contribution in [2.45, 2.75) is 31.8 Å². The number of ether oxygens (including phenoxy) is 1. The molecule has 1 aromatic heterocycles. The van der Waals surface area contributed by atoms with E-state index in [4.69, 9.17) is 4.74 Å². The van der Waals surface area contributed by atoms with Gasteiger partial charge in [0, 0.05) is 39.1 Å². The van der Waals surface area contributed by atoms with E-state index in [1.807, 2.05) is 36.3 Å². The standard InChI is InChI=1S/C21H32N6O.HI/c1-22-21(23-10-6-14-27-15-7-11-25-27)24-17-20(26-12-3-4-13-26)18-8-5-9-19(16-18)28-2;/h5,7-9,11,15-16,20H,3-4,6,10,12-14,17H2,1-2H3,(H2,22,23,24);1H. The van der Waals surface area contributed by atoms with Gasteiger partial charge in [0.15, 0.2) is 5.96 Å². The Morgan fingerprint density at radius 2 is 2.07 bits per heavy atom. The average Bonchev–Trinajstić information content (AvgIpc) is 3.44. The predicted molar refractivity (Wildman–Crippen MR) is 128 cm³/mol. The highest BCUT2D eigenvalue weighted by molar-refractivity contribution is 14.0. The van der Waals surface area contributed by atoms with Gasteiger partial charge in [0.1, 0.15) is 5.75 Å². The van der Waals surface area contributed by atoms with E-state index in [1.54, 1.807) is 7.11 Å². The van der Waals surface area contributed by atoms with Gasteiger partial charge in [-0.25, -0.2) is 0 Å². The molecule has 0 radical (unpaired) electrons. The zero-order chi connectivity index (χ0) is 19.6. The highest BCUT2D eigenvalue weighted by Gasteiger charge is 2.24. The van der Waals surface area contributed by atoms with Gasteiger partial charge < -0.3 is 15.4 Å². The van der Waals surface area contributed by atoms with Crippen molar-refractivity contribution in [1.82, 2.24) is 25.3 Å². The minimum Gasteiger partial charge on any atom is -0.497 e. The highest BCUT2D eigenvalue weighted by Crippen LogP contribution is 2.27. The first-order valence-corrected chi connectivity index (χ1v) is 10.1. The molecule has 0 amide bonds. The predicted octanol–water partition coefficient (Wildman–Crippen LogP) is 2.90. The third-order valence-electron chi connectivity index (χ3n) is 5.16.